The van der Waals surface area contributed by atoms with Gasteiger partial charge in [0.1, 0.15) is 19.2 Å². The van der Waals surface area contributed by atoms with Crippen molar-refractivity contribution in [2.24, 2.45) is 22.4 Å². The number of terminal acetylenes is 1. The number of aromatic nitrogens is 9. The molecule has 0 bridgehead atoms. The maximum atomic E-state index is 14.1. The second-order valence-corrected chi connectivity index (χ2v) is 14.7. The summed E-state index contributed by atoms with van der Waals surface area (Å²) in [6.07, 6.45) is 11.2. The van der Waals surface area contributed by atoms with Gasteiger partial charge in [-0.15, -0.1) is 16.6 Å². The number of amides is 2. The number of anilines is 3. The fourth-order valence-electron chi connectivity index (χ4n) is 6.75. The Bertz CT molecular complexity index is 1860. The van der Waals surface area contributed by atoms with E-state index in [4.69, 9.17) is 47.1 Å². The lowest BCUT2D eigenvalue weighted by Gasteiger charge is -2.38. The average Bonchev–Trinajstić information content (AvgIpc) is 3.93. The highest BCUT2D eigenvalue weighted by Gasteiger charge is 2.34. The second kappa shape index (κ2) is 24.5. The van der Waals surface area contributed by atoms with Gasteiger partial charge in [-0.1, -0.05) is 36.6 Å². The van der Waals surface area contributed by atoms with Gasteiger partial charge in [-0.2, -0.15) is 15.0 Å². The summed E-state index contributed by atoms with van der Waals surface area (Å²) in [4.78, 5) is 53.5. The molecule has 2 saturated heterocycles. The molecular formula is C38H61N17O6. The third-order valence-electron chi connectivity index (χ3n) is 10.3. The summed E-state index contributed by atoms with van der Waals surface area (Å²) < 4.78 is 19.6. The van der Waals surface area contributed by atoms with Gasteiger partial charge >= 0.3 is 0 Å². The van der Waals surface area contributed by atoms with Crippen molar-refractivity contribution < 1.29 is 28.9 Å². The van der Waals surface area contributed by atoms with Crippen LogP contribution in [0.4, 0.5) is 17.8 Å². The Hall–Kier alpha value is -5.70. The molecule has 334 valence electrons. The molecule has 3 aromatic heterocycles. The number of hydrogen-bond donors (Lipinski definition) is 4. The van der Waals surface area contributed by atoms with Crippen LogP contribution in [0.3, 0.4) is 0 Å². The number of aliphatic hydroxyl groups excluding tert-OH is 1. The van der Waals surface area contributed by atoms with Crippen LogP contribution in [0.5, 0.6) is 0 Å². The molecule has 2 unspecified atom stereocenters. The smallest absolute Gasteiger partial charge is 0.247 e. The number of guanidine groups is 1. The van der Waals surface area contributed by atoms with Crippen LogP contribution in [-0.2, 0) is 43.2 Å². The summed E-state index contributed by atoms with van der Waals surface area (Å²) in [5.41, 5.74) is 12.3. The summed E-state index contributed by atoms with van der Waals surface area (Å²) >= 11 is 0. The van der Waals surface area contributed by atoms with Gasteiger partial charge in [0.2, 0.25) is 29.7 Å². The molecule has 2 amide bonds. The zero-order valence-electron chi connectivity index (χ0n) is 35.3. The Kier molecular flexibility index (Phi) is 18.6. The molecule has 61 heavy (non-hydrogen) atoms. The summed E-state index contributed by atoms with van der Waals surface area (Å²) in [5, 5.41) is 29.2. The van der Waals surface area contributed by atoms with Gasteiger partial charge in [-0.3, -0.25) is 14.6 Å². The van der Waals surface area contributed by atoms with E-state index >= 15 is 0 Å². The fourth-order valence-corrected chi connectivity index (χ4v) is 6.75. The quantitative estimate of drug-likeness (QED) is 0.0316. The van der Waals surface area contributed by atoms with Crippen molar-refractivity contribution in [3.05, 3.63) is 23.8 Å². The van der Waals surface area contributed by atoms with E-state index in [2.05, 4.69) is 55.6 Å². The molecule has 6 N–H and O–H groups in total. The number of carbonyl (C=O) groups is 2. The third-order valence-corrected chi connectivity index (χ3v) is 10.3. The number of piperazine rings is 2. The topological polar surface area (TPSA) is 272 Å². The lowest BCUT2D eigenvalue weighted by molar-refractivity contribution is -0.137. The number of nitrogens with zero attached hydrogens (tertiary/aromatic N) is 14. The molecule has 0 aliphatic carbocycles. The average molecular weight is 852 g/mol. The highest BCUT2D eigenvalue weighted by molar-refractivity contribution is 5.81. The molecule has 5 rings (SSSR count). The molecule has 0 saturated carbocycles. The van der Waals surface area contributed by atoms with E-state index < -0.39 is 6.04 Å². The fraction of sp³-hybridized carbons (Fsp3) is 0.684. The van der Waals surface area contributed by atoms with E-state index in [0.29, 0.717) is 141 Å². The first-order valence-electron chi connectivity index (χ1n) is 20.9. The minimum atomic E-state index is -0.498. The molecule has 2 aliphatic rings. The molecule has 0 spiro atoms. The minimum absolute atomic E-state index is 0.00545. The predicted molar refractivity (Wildman–Crippen MR) is 226 cm³/mol. The number of aliphatic imine (C=N–C) groups is 1. The van der Waals surface area contributed by atoms with Crippen LogP contribution in [0.15, 0.2) is 17.4 Å². The van der Waals surface area contributed by atoms with Gasteiger partial charge in [0, 0.05) is 90.9 Å². The van der Waals surface area contributed by atoms with Gasteiger partial charge in [-0.25, -0.2) is 9.36 Å². The van der Waals surface area contributed by atoms with Crippen LogP contribution in [0.25, 0.3) is 0 Å². The number of ether oxygens (including phenoxy) is 3. The molecule has 23 nitrogen and oxygen atoms in total. The number of aliphatic hydroxyl groups is 1. The first-order chi connectivity index (χ1) is 29.7. The standard InChI is InChI=1S/C38H61N17O6/c1-4-20-59-22-24-61-25-23-60-21-10-42-36-43-37(52-15-11-50(12-16-52)32(57)28-54-26-31(8-19-56)46-48-54)45-38(44-36)53-17-13-51(14-18-53)34(58)33(29(3)5-2)55-27-30(47-49-55)7-6-9-41-35(39)40/h1,26-27,29,33,56H,5-25,28H2,2-3H3,(H4,39,40,41)(H,42,43,44,45). The normalized spacial score (nSPS) is 15.4. The molecular weight excluding hydrogens is 791 g/mol. The first kappa shape index (κ1) is 46.4. The van der Waals surface area contributed by atoms with Gasteiger partial charge < -0.3 is 55.7 Å². The SMILES string of the molecule is C#CCOCCOCCOCCNc1nc(N2CCN(C(=O)Cn3cc(CCO)nn3)CC2)nc(N2CCN(C(=O)C(C(C)CC)n3cc(CCCN=C(N)N)nn3)CC2)n1. The number of rotatable bonds is 25. The minimum Gasteiger partial charge on any atom is -0.396 e. The van der Waals surface area contributed by atoms with E-state index in [1.165, 1.54) is 4.68 Å². The Morgan fingerprint density at radius 2 is 1.49 bits per heavy atom. The van der Waals surface area contributed by atoms with Crippen molar-refractivity contribution in [1.82, 2.24) is 54.7 Å². The molecule has 0 radical (unpaired) electrons. The Labute approximate surface area is 356 Å². The van der Waals surface area contributed by atoms with Crippen molar-refractivity contribution in [2.45, 2.75) is 52.1 Å². The third kappa shape index (κ3) is 14.5. The molecule has 2 fully saturated rings. The van der Waals surface area contributed by atoms with Gasteiger partial charge in [-0.05, 0) is 18.8 Å². The monoisotopic (exact) mass is 851 g/mol. The summed E-state index contributed by atoms with van der Waals surface area (Å²) in [6.45, 7) is 11.3. The molecule has 2 atom stereocenters. The zero-order chi connectivity index (χ0) is 43.4. The lowest BCUT2D eigenvalue weighted by atomic mass is 9.97. The van der Waals surface area contributed by atoms with E-state index in [1.807, 2.05) is 16.0 Å². The van der Waals surface area contributed by atoms with Crippen molar-refractivity contribution in [2.75, 3.05) is 127 Å². The predicted octanol–water partition coefficient (Wildman–Crippen LogP) is -1.82. The molecule has 5 heterocycles. The van der Waals surface area contributed by atoms with Crippen LogP contribution in [-0.4, -0.2) is 189 Å². The van der Waals surface area contributed by atoms with Gasteiger partial charge in [0.15, 0.2) is 5.96 Å². The van der Waals surface area contributed by atoms with E-state index in [1.54, 1.807) is 15.8 Å². The Morgan fingerprint density at radius 3 is 2.13 bits per heavy atom. The lowest BCUT2D eigenvalue weighted by Crippen LogP contribution is -2.52. The van der Waals surface area contributed by atoms with Crippen molar-refractivity contribution >= 4 is 35.6 Å². The van der Waals surface area contributed by atoms with E-state index in [-0.39, 0.29) is 43.5 Å². The number of nitrogens with two attached hydrogens (primary N) is 2. The maximum absolute atomic E-state index is 14.1. The van der Waals surface area contributed by atoms with Gasteiger partial charge in [0.05, 0.1) is 44.4 Å². The largest absolute Gasteiger partial charge is 0.396 e. The van der Waals surface area contributed by atoms with Crippen LogP contribution < -0.4 is 26.6 Å². The van der Waals surface area contributed by atoms with Crippen molar-refractivity contribution in [3.8, 4) is 12.3 Å². The number of aryl methyl sites for hydroxylation is 1. The first-order valence-corrected chi connectivity index (χ1v) is 20.9. The molecule has 2 aliphatic heterocycles. The highest BCUT2D eigenvalue weighted by atomic mass is 16.5. The maximum Gasteiger partial charge on any atom is 0.247 e. The highest BCUT2D eigenvalue weighted by Crippen LogP contribution is 2.25. The summed E-state index contributed by atoms with van der Waals surface area (Å²) in [7, 11) is 0. The molecule has 23 heteroatoms. The Balaban J connectivity index is 1.20. The van der Waals surface area contributed by atoms with E-state index in [0.717, 1.165) is 12.1 Å². The van der Waals surface area contributed by atoms with Crippen LogP contribution in [0.2, 0.25) is 0 Å². The number of hydrogen-bond acceptors (Lipinski definition) is 17. The van der Waals surface area contributed by atoms with Gasteiger partial charge in [0.25, 0.3) is 0 Å². The van der Waals surface area contributed by atoms with E-state index in [9.17, 15) is 14.7 Å². The number of nitrogens with one attached hydrogen (secondary N) is 1. The van der Waals surface area contributed by atoms with Crippen LogP contribution in [0, 0.1) is 18.3 Å². The second-order valence-electron chi connectivity index (χ2n) is 14.7. The Morgan fingerprint density at radius 1 is 0.869 bits per heavy atom. The summed E-state index contributed by atoms with van der Waals surface area (Å²) in [6, 6.07) is -0.498. The van der Waals surface area contributed by atoms with Crippen LogP contribution >= 0.6 is 0 Å². The van der Waals surface area contributed by atoms with Crippen molar-refractivity contribution in [1.29, 1.82) is 0 Å². The molecule has 3 aromatic rings. The van der Waals surface area contributed by atoms with Crippen molar-refractivity contribution in [3.63, 3.8) is 0 Å². The zero-order valence-corrected chi connectivity index (χ0v) is 35.3. The number of carbonyl (C=O) groups excluding carboxylic acids is 2. The van der Waals surface area contributed by atoms with Crippen LogP contribution in [0.1, 0.15) is 44.1 Å². The molecule has 0 aromatic carbocycles. The summed E-state index contributed by atoms with van der Waals surface area (Å²) in [5.74, 6) is 3.79.